The second-order valence-electron chi connectivity index (χ2n) is 16.0. The van der Waals surface area contributed by atoms with E-state index in [9.17, 15) is 0 Å². The number of rotatable bonds is 7. The van der Waals surface area contributed by atoms with Crippen molar-refractivity contribution >= 4 is 55.9 Å². The van der Waals surface area contributed by atoms with Crippen LogP contribution in [0.15, 0.2) is 176 Å². The van der Waals surface area contributed by atoms with Gasteiger partial charge in [0, 0.05) is 33.5 Å². The highest BCUT2D eigenvalue weighted by Gasteiger charge is 2.24. The van der Waals surface area contributed by atoms with Crippen LogP contribution in [0.4, 0.5) is 34.1 Å². The molecule has 0 radical (unpaired) electrons. The Morgan fingerprint density at radius 3 is 0.962 bits per heavy atom. The van der Waals surface area contributed by atoms with Crippen molar-refractivity contribution in [1.29, 1.82) is 0 Å². The van der Waals surface area contributed by atoms with Gasteiger partial charge in [-0.15, -0.1) is 0 Å². The second-order valence-corrected chi connectivity index (χ2v) is 16.0. The molecule has 53 heavy (non-hydrogen) atoms. The van der Waals surface area contributed by atoms with Crippen molar-refractivity contribution < 1.29 is 0 Å². The average molecular weight is 690 g/mol. The van der Waals surface area contributed by atoms with Crippen molar-refractivity contribution in [2.24, 2.45) is 0 Å². The maximum absolute atomic E-state index is 2.47. The lowest BCUT2D eigenvalue weighted by Crippen LogP contribution is -2.14. The standard InChI is InChI=1S/C50H47N3/c1-49(2,3)36-27-29-47-45(31-36)46-32-37(50(4,5)6)28-30-48(46)53(47)44-34-42(51(38-19-11-7-12-20-38)39-21-13-8-14-22-39)33-43(35-44)52(40-23-15-9-16-24-40)41-25-17-10-18-26-41/h7-35H,1-6H3. The van der Waals surface area contributed by atoms with Crippen LogP contribution in [-0.4, -0.2) is 4.57 Å². The van der Waals surface area contributed by atoms with Crippen molar-refractivity contribution in [2.75, 3.05) is 9.80 Å². The zero-order chi connectivity index (χ0) is 36.7. The summed E-state index contributed by atoms with van der Waals surface area (Å²) in [5.41, 5.74) is 12.7. The third kappa shape index (κ3) is 6.60. The van der Waals surface area contributed by atoms with Crippen molar-refractivity contribution in [1.82, 2.24) is 4.57 Å². The largest absolute Gasteiger partial charge is 0.310 e. The molecule has 0 aliphatic carbocycles. The molecule has 7 aromatic carbocycles. The topological polar surface area (TPSA) is 11.4 Å². The summed E-state index contributed by atoms with van der Waals surface area (Å²) in [6, 6.07) is 63.9. The molecule has 0 N–H and O–H groups in total. The van der Waals surface area contributed by atoms with E-state index in [4.69, 9.17) is 0 Å². The molecule has 0 spiro atoms. The number of anilines is 6. The molecule has 0 bridgehead atoms. The minimum Gasteiger partial charge on any atom is -0.310 e. The van der Waals surface area contributed by atoms with E-state index >= 15 is 0 Å². The first-order valence-electron chi connectivity index (χ1n) is 18.6. The number of hydrogen-bond donors (Lipinski definition) is 0. The first-order valence-corrected chi connectivity index (χ1v) is 18.6. The number of nitrogens with zero attached hydrogens (tertiary/aromatic N) is 3. The molecular formula is C50H47N3. The Kier molecular flexibility index (Phi) is 8.66. The molecule has 3 heteroatoms. The molecular weight excluding hydrogens is 643 g/mol. The highest BCUT2D eigenvalue weighted by Crippen LogP contribution is 2.44. The van der Waals surface area contributed by atoms with E-state index in [1.54, 1.807) is 0 Å². The Hall–Kier alpha value is -6.06. The Labute approximate surface area is 314 Å². The van der Waals surface area contributed by atoms with E-state index in [0.717, 1.165) is 39.8 Å². The van der Waals surface area contributed by atoms with Gasteiger partial charge in [-0.05, 0) is 113 Å². The lowest BCUT2D eigenvalue weighted by molar-refractivity contribution is 0.590. The molecule has 262 valence electrons. The van der Waals surface area contributed by atoms with Crippen molar-refractivity contribution in [3.05, 3.63) is 187 Å². The van der Waals surface area contributed by atoms with Gasteiger partial charge in [-0.2, -0.15) is 0 Å². The summed E-state index contributed by atoms with van der Waals surface area (Å²) in [6.07, 6.45) is 0. The molecule has 8 rings (SSSR count). The molecule has 8 aromatic rings. The van der Waals surface area contributed by atoms with Gasteiger partial charge in [-0.3, -0.25) is 0 Å². The van der Waals surface area contributed by atoms with E-state index in [-0.39, 0.29) is 10.8 Å². The summed E-state index contributed by atoms with van der Waals surface area (Å²) in [5.74, 6) is 0. The Morgan fingerprint density at radius 1 is 0.340 bits per heavy atom. The van der Waals surface area contributed by atoms with Crippen molar-refractivity contribution in [3.8, 4) is 5.69 Å². The van der Waals surface area contributed by atoms with Gasteiger partial charge in [0.1, 0.15) is 0 Å². The lowest BCUT2D eigenvalue weighted by atomic mass is 9.85. The lowest BCUT2D eigenvalue weighted by Gasteiger charge is -2.30. The number of aromatic nitrogens is 1. The highest BCUT2D eigenvalue weighted by atomic mass is 15.2. The molecule has 0 aliphatic heterocycles. The fourth-order valence-corrected chi connectivity index (χ4v) is 7.40. The minimum atomic E-state index is 0.0229. The number of benzene rings is 7. The summed E-state index contributed by atoms with van der Waals surface area (Å²) in [7, 11) is 0. The summed E-state index contributed by atoms with van der Waals surface area (Å²) in [4.78, 5) is 4.73. The molecule has 1 heterocycles. The quantitative estimate of drug-likeness (QED) is 0.165. The Bertz CT molecular complexity index is 2250. The Balaban J connectivity index is 1.48. The Morgan fingerprint density at radius 2 is 0.660 bits per heavy atom. The number of para-hydroxylation sites is 4. The SMILES string of the molecule is CC(C)(C)c1ccc2c(c1)c1cc(C(C)(C)C)ccc1n2-c1cc(N(c2ccccc2)c2ccccc2)cc(N(c2ccccc2)c2ccccc2)c1. The van der Waals surface area contributed by atoms with Gasteiger partial charge in [0.2, 0.25) is 0 Å². The van der Waals surface area contributed by atoms with Crippen molar-refractivity contribution in [2.45, 2.75) is 52.4 Å². The molecule has 0 saturated heterocycles. The molecule has 0 atom stereocenters. The van der Waals surface area contributed by atoms with E-state index in [1.807, 2.05) is 0 Å². The minimum absolute atomic E-state index is 0.0229. The summed E-state index contributed by atoms with van der Waals surface area (Å²) in [5, 5.41) is 2.55. The predicted molar refractivity (Wildman–Crippen MR) is 228 cm³/mol. The monoisotopic (exact) mass is 689 g/mol. The van der Waals surface area contributed by atoms with Gasteiger partial charge in [0.25, 0.3) is 0 Å². The molecule has 1 aromatic heterocycles. The maximum Gasteiger partial charge on any atom is 0.0541 e. The molecule has 0 aliphatic rings. The van der Waals surface area contributed by atoms with Crippen molar-refractivity contribution in [3.63, 3.8) is 0 Å². The van der Waals surface area contributed by atoms with Gasteiger partial charge in [0.15, 0.2) is 0 Å². The van der Waals surface area contributed by atoms with Crippen LogP contribution in [0.2, 0.25) is 0 Å². The first kappa shape index (κ1) is 34.0. The van der Waals surface area contributed by atoms with Crippen LogP contribution in [0.25, 0.3) is 27.5 Å². The number of hydrogen-bond acceptors (Lipinski definition) is 2. The number of fused-ring (bicyclic) bond motifs is 3. The maximum atomic E-state index is 2.47. The fraction of sp³-hybridized carbons (Fsp3) is 0.160. The molecule has 0 unspecified atom stereocenters. The third-order valence-corrected chi connectivity index (χ3v) is 10.2. The van der Waals surface area contributed by atoms with Crippen LogP contribution < -0.4 is 9.80 Å². The van der Waals surface area contributed by atoms with Crippen LogP contribution in [0, 0.1) is 0 Å². The van der Waals surface area contributed by atoms with Gasteiger partial charge in [-0.1, -0.05) is 126 Å². The van der Waals surface area contributed by atoms with Gasteiger partial charge >= 0.3 is 0 Å². The molecule has 0 amide bonds. The van der Waals surface area contributed by atoms with Crippen LogP contribution in [0.5, 0.6) is 0 Å². The fourth-order valence-electron chi connectivity index (χ4n) is 7.40. The normalized spacial score (nSPS) is 12.0. The summed E-state index contributed by atoms with van der Waals surface area (Å²) < 4.78 is 2.47. The molecule has 0 fully saturated rings. The van der Waals surface area contributed by atoms with Gasteiger partial charge in [-0.25, -0.2) is 0 Å². The van der Waals surface area contributed by atoms with E-state index in [2.05, 4.69) is 232 Å². The molecule has 0 saturated carbocycles. The zero-order valence-corrected chi connectivity index (χ0v) is 31.6. The predicted octanol–water partition coefficient (Wildman–Crippen LogP) is 14.3. The van der Waals surface area contributed by atoms with Crippen LogP contribution in [0.3, 0.4) is 0 Å². The molecule has 3 nitrogen and oxygen atoms in total. The smallest absolute Gasteiger partial charge is 0.0541 e. The average Bonchev–Trinajstić information content (AvgIpc) is 3.49. The van der Waals surface area contributed by atoms with E-state index in [0.29, 0.717) is 0 Å². The summed E-state index contributed by atoms with van der Waals surface area (Å²) in [6.45, 7) is 13.8. The summed E-state index contributed by atoms with van der Waals surface area (Å²) >= 11 is 0. The van der Waals surface area contributed by atoms with Crippen LogP contribution in [0.1, 0.15) is 52.7 Å². The van der Waals surface area contributed by atoms with Crippen LogP contribution in [-0.2, 0) is 10.8 Å². The first-order chi connectivity index (χ1) is 25.6. The van der Waals surface area contributed by atoms with E-state index < -0.39 is 0 Å². The van der Waals surface area contributed by atoms with E-state index in [1.165, 1.54) is 32.9 Å². The second kappa shape index (κ2) is 13.5. The van der Waals surface area contributed by atoms with Gasteiger partial charge in [0.05, 0.1) is 28.1 Å². The van der Waals surface area contributed by atoms with Crippen LogP contribution >= 0.6 is 0 Å². The third-order valence-electron chi connectivity index (χ3n) is 10.2. The zero-order valence-electron chi connectivity index (χ0n) is 31.6. The highest BCUT2D eigenvalue weighted by molar-refractivity contribution is 6.10. The van der Waals surface area contributed by atoms with Gasteiger partial charge < -0.3 is 14.4 Å².